The summed E-state index contributed by atoms with van der Waals surface area (Å²) in [6.07, 6.45) is 3.61. The van der Waals surface area contributed by atoms with Crippen molar-refractivity contribution in [3.05, 3.63) is 18.5 Å². The molecule has 0 radical (unpaired) electrons. The number of nitrogens with zero attached hydrogens (tertiary/aromatic N) is 2. The molecule has 0 spiro atoms. The van der Waals surface area contributed by atoms with E-state index in [1.807, 2.05) is 33.0 Å². The Labute approximate surface area is 78.8 Å². The fourth-order valence-corrected chi connectivity index (χ4v) is 1.35. The highest BCUT2D eigenvalue weighted by molar-refractivity contribution is 5.82. The SMILES string of the molecule is CC(C)C(=O)[C@@H](C)Cn1cccn1. The van der Waals surface area contributed by atoms with Gasteiger partial charge in [0.15, 0.2) is 0 Å². The van der Waals surface area contributed by atoms with E-state index in [9.17, 15) is 4.79 Å². The van der Waals surface area contributed by atoms with Gasteiger partial charge in [0.2, 0.25) is 0 Å². The van der Waals surface area contributed by atoms with Gasteiger partial charge in [-0.25, -0.2) is 0 Å². The second kappa shape index (κ2) is 4.21. The zero-order valence-electron chi connectivity index (χ0n) is 8.40. The van der Waals surface area contributed by atoms with Crippen LogP contribution in [-0.4, -0.2) is 15.6 Å². The molecule has 1 heterocycles. The molecule has 0 unspecified atom stereocenters. The van der Waals surface area contributed by atoms with Crippen molar-refractivity contribution < 1.29 is 4.79 Å². The summed E-state index contributed by atoms with van der Waals surface area (Å²) >= 11 is 0. The third-order valence-electron chi connectivity index (χ3n) is 2.07. The van der Waals surface area contributed by atoms with Crippen LogP contribution in [0.1, 0.15) is 20.8 Å². The average Bonchev–Trinajstić information content (AvgIpc) is 2.55. The summed E-state index contributed by atoms with van der Waals surface area (Å²) in [5.74, 6) is 0.473. The Morgan fingerprint density at radius 2 is 2.15 bits per heavy atom. The lowest BCUT2D eigenvalue weighted by Crippen LogP contribution is -2.21. The van der Waals surface area contributed by atoms with Crippen molar-refractivity contribution in [2.24, 2.45) is 11.8 Å². The molecule has 13 heavy (non-hydrogen) atoms. The number of ketones is 1. The summed E-state index contributed by atoms with van der Waals surface area (Å²) in [5.41, 5.74) is 0. The topological polar surface area (TPSA) is 34.9 Å². The molecule has 0 bridgehead atoms. The van der Waals surface area contributed by atoms with E-state index in [0.29, 0.717) is 12.3 Å². The zero-order chi connectivity index (χ0) is 9.84. The fourth-order valence-electron chi connectivity index (χ4n) is 1.35. The van der Waals surface area contributed by atoms with E-state index < -0.39 is 0 Å². The molecule has 0 fully saturated rings. The molecule has 0 N–H and O–H groups in total. The van der Waals surface area contributed by atoms with Crippen molar-refractivity contribution in [2.75, 3.05) is 0 Å². The van der Waals surface area contributed by atoms with Crippen LogP contribution in [0.4, 0.5) is 0 Å². The van der Waals surface area contributed by atoms with Gasteiger partial charge in [-0.05, 0) is 6.07 Å². The molecule has 1 rings (SSSR count). The lowest BCUT2D eigenvalue weighted by atomic mass is 9.97. The van der Waals surface area contributed by atoms with Gasteiger partial charge >= 0.3 is 0 Å². The van der Waals surface area contributed by atoms with Crippen LogP contribution >= 0.6 is 0 Å². The third-order valence-corrected chi connectivity index (χ3v) is 2.07. The van der Waals surface area contributed by atoms with E-state index in [-0.39, 0.29) is 11.8 Å². The van der Waals surface area contributed by atoms with Crippen LogP contribution in [0, 0.1) is 11.8 Å². The first-order chi connectivity index (χ1) is 6.11. The van der Waals surface area contributed by atoms with Crippen molar-refractivity contribution in [2.45, 2.75) is 27.3 Å². The maximum Gasteiger partial charge on any atom is 0.140 e. The quantitative estimate of drug-likeness (QED) is 0.707. The van der Waals surface area contributed by atoms with Crippen molar-refractivity contribution in [1.29, 1.82) is 0 Å². The molecule has 0 aromatic carbocycles. The molecule has 0 saturated heterocycles. The molecular weight excluding hydrogens is 164 g/mol. The second-order valence-corrected chi connectivity index (χ2v) is 3.69. The van der Waals surface area contributed by atoms with Gasteiger partial charge in [-0.2, -0.15) is 5.10 Å². The van der Waals surface area contributed by atoms with Gasteiger partial charge in [-0.15, -0.1) is 0 Å². The molecule has 72 valence electrons. The van der Waals surface area contributed by atoms with Crippen molar-refractivity contribution in [1.82, 2.24) is 9.78 Å². The number of Topliss-reactive ketones (excluding diaryl/α,β-unsaturated/α-hetero) is 1. The summed E-state index contributed by atoms with van der Waals surface area (Å²) in [6.45, 7) is 6.50. The van der Waals surface area contributed by atoms with Crippen LogP contribution in [0.15, 0.2) is 18.5 Å². The van der Waals surface area contributed by atoms with Gasteiger partial charge in [0, 0.05) is 24.2 Å². The smallest absolute Gasteiger partial charge is 0.140 e. The normalized spacial score (nSPS) is 13.2. The molecule has 1 atom stereocenters. The van der Waals surface area contributed by atoms with Gasteiger partial charge < -0.3 is 0 Å². The molecule has 0 aliphatic heterocycles. The first kappa shape index (κ1) is 9.96. The Morgan fingerprint density at radius 1 is 1.46 bits per heavy atom. The van der Waals surface area contributed by atoms with Crippen molar-refractivity contribution in [3.63, 3.8) is 0 Å². The molecular formula is C10H16N2O. The predicted octanol–water partition coefficient (Wildman–Crippen LogP) is 1.74. The average molecular weight is 180 g/mol. The lowest BCUT2D eigenvalue weighted by Gasteiger charge is -2.12. The molecule has 1 aromatic rings. The summed E-state index contributed by atoms with van der Waals surface area (Å²) in [5, 5.41) is 4.06. The highest BCUT2D eigenvalue weighted by Crippen LogP contribution is 2.08. The maximum absolute atomic E-state index is 11.5. The highest BCUT2D eigenvalue weighted by Gasteiger charge is 2.16. The summed E-state index contributed by atoms with van der Waals surface area (Å²) in [4.78, 5) is 11.5. The van der Waals surface area contributed by atoms with Crippen LogP contribution in [0.3, 0.4) is 0 Å². The predicted molar refractivity (Wildman–Crippen MR) is 51.2 cm³/mol. The molecule has 1 aromatic heterocycles. The minimum atomic E-state index is 0.0555. The molecule has 0 aliphatic carbocycles. The monoisotopic (exact) mass is 180 g/mol. The Kier molecular flexibility index (Phi) is 3.23. The number of carbonyl (C=O) groups is 1. The summed E-state index contributed by atoms with van der Waals surface area (Å²) in [6, 6.07) is 1.87. The van der Waals surface area contributed by atoms with Crippen LogP contribution in [0.25, 0.3) is 0 Å². The van der Waals surface area contributed by atoms with Gasteiger partial charge in [-0.3, -0.25) is 9.48 Å². The van der Waals surface area contributed by atoms with Crippen molar-refractivity contribution in [3.8, 4) is 0 Å². The summed E-state index contributed by atoms with van der Waals surface area (Å²) in [7, 11) is 0. The van der Waals surface area contributed by atoms with Gasteiger partial charge in [0.05, 0.1) is 6.54 Å². The lowest BCUT2D eigenvalue weighted by molar-refractivity contribution is -0.125. The molecule has 0 aliphatic rings. The zero-order valence-corrected chi connectivity index (χ0v) is 8.40. The largest absolute Gasteiger partial charge is 0.299 e. The Bertz CT molecular complexity index is 264. The number of rotatable bonds is 4. The van der Waals surface area contributed by atoms with Gasteiger partial charge in [-0.1, -0.05) is 20.8 Å². The molecule has 3 nitrogen and oxygen atoms in total. The number of hydrogen-bond donors (Lipinski definition) is 0. The Balaban J connectivity index is 2.51. The fraction of sp³-hybridized carbons (Fsp3) is 0.600. The van der Waals surface area contributed by atoms with E-state index in [1.165, 1.54) is 0 Å². The van der Waals surface area contributed by atoms with Gasteiger partial charge in [0.1, 0.15) is 5.78 Å². The molecule has 0 amide bonds. The number of carbonyl (C=O) groups excluding carboxylic acids is 1. The number of hydrogen-bond acceptors (Lipinski definition) is 2. The van der Waals surface area contributed by atoms with Gasteiger partial charge in [0.25, 0.3) is 0 Å². The van der Waals surface area contributed by atoms with E-state index in [2.05, 4.69) is 5.10 Å². The van der Waals surface area contributed by atoms with Crippen LogP contribution in [0.2, 0.25) is 0 Å². The van der Waals surface area contributed by atoms with Crippen LogP contribution in [0.5, 0.6) is 0 Å². The first-order valence-electron chi connectivity index (χ1n) is 4.62. The van der Waals surface area contributed by atoms with E-state index in [0.717, 1.165) is 0 Å². The Hall–Kier alpha value is -1.12. The Morgan fingerprint density at radius 3 is 2.62 bits per heavy atom. The molecule has 0 saturated carbocycles. The summed E-state index contributed by atoms with van der Waals surface area (Å²) < 4.78 is 1.80. The van der Waals surface area contributed by atoms with Crippen LogP contribution in [-0.2, 0) is 11.3 Å². The van der Waals surface area contributed by atoms with E-state index >= 15 is 0 Å². The maximum atomic E-state index is 11.5. The second-order valence-electron chi connectivity index (χ2n) is 3.69. The standard InChI is InChI=1S/C10H16N2O/c1-8(2)10(13)9(3)7-12-6-4-5-11-12/h4-6,8-9H,7H2,1-3H3/t9-/m0/s1. The van der Waals surface area contributed by atoms with Crippen LogP contribution < -0.4 is 0 Å². The van der Waals surface area contributed by atoms with E-state index in [4.69, 9.17) is 0 Å². The first-order valence-corrected chi connectivity index (χ1v) is 4.62. The third kappa shape index (κ3) is 2.68. The molecule has 3 heteroatoms. The van der Waals surface area contributed by atoms with E-state index in [1.54, 1.807) is 10.9 Å². The number of aromatic nitrogens is 2. The minimum absolute atomic E-state index is 0.0555. The highest BCUT2D eigenvalue weighted by atomic mass is 16.1. The van der Waals surface area contributed by atoms with Crippen molar-refractivity contribution >= 4 is 5.78 Å². The minimum Gasteiger partial charge on any atom is -0.299 e.